The number of carboxylic acids is 1. The van der Waals surface area contributed by atoms with Gasteiger partial charge in [0, 0.05) is 29.7 Å². The van der Waals surface area contributed by atoms with Crippen LogP contribution in [0.5, 0.6) is 0 Å². The van der Waals surface area contributed by atoms with E-state index in [-0.39, 0.29) is 18.6 Å². The molecule has 7 nitrogen and oxygen atoms in total. The smallest absolute Gasteiger partial charge is 0.409 e. The zero-order valence-electron chi connectivity index (χ0n) is 20.4. The summed E-state index contributed by atoms with van der Waals surface area (Å²) in [7, 11) is 0. The van der Waals surface area contributed by atoms with E-state index in [0.29, 0.717) is 31.6 Å². The SMILES string of the molecule is O=C(O)COC1(c2ccc(Br)cn2)CCCCN(C(=O)OCC2c3ccccc3-c3ccccc32)CC1. The molecule has 1 aliphatic carbocycles. The fourth-order valence-electron chi connectivity index (χ4n) is 5.45. The number of halogens is 1. The average Bonchev–Trinajstić information content (AvgIpc) is 3.21. The Balaban J connectivity index is 1.30. The third kappa shape index (κ3) is 5.40. The molecule has 1 amide bonds. The van der Waals surface area contributed by atoms with Crippen LogP contribution in [0.3, 0.4) is 0 Å². The average molecular weight is 565 g/mol. The quantitative estimate of drug-likeness (QED) is 0.397. The fraction of sp³-hybridized carbons (Fsp3) is 0.345. The predicted octanol–water partition coefficient (Wildman–Crippen LogP) is 5.97. The molecule has 2 heterocycles. The highest BCUT2D eigenvalue weighted by Gasteiger charge is 2.38. The van der Waals surface area contributed by atoms with Crippen molar-refractivity contribution in [3.8, 4) is 11.1 Å². The van der Waals surface area contributed by atoms with Gasteiger partial charge in [-0.15, -0.1) is 0 Å². The van der Waals surface area contributed by atoms with Gasteiger partial charge in [0.05, 0.1) is 5.69 Å². The number of carboxylic acid groups (broad SMARTS) is 1. The van der Waals surface area contributed by atoms with E-state index in [2.05, 4.69) is 45.2 Å². The second-order valence-electron chi connectivity index (χ2n) is 9.54. The van der Waals surface area contributed by atoms with Crippen LogP contribution >= 0.6 is 15.9 Å². The Morgan fingerprint density at radius 2 is 1.68 bits per heavy atom. The van der Waals surface area contributed by atoms with Crippen molar-refractivity contribution in [3.05, 3.63) is 88.2 Å². The van der Waals surface area contributed by atoms with Crippen molar-refractivity contribution in [2.45, 2.75) is 37.2 Å². The molecule has 0 bridgehead atoms. The van der Waals surface area contributed by atoms with E-state index in [1.807, 2.05) is 36.4 Å². The molecule has 8 heteroatoms. The van der Waals surface area contributed by atoms with E-state index < -0.39 is 18.2 Å². The highest BCUT2D eigenvalue weighted by Crippen LogP contribution is 2.44. The normalized spacial score (nSPS) is 19.4. The van der Waals surface area contributed by atoms with Gasteiger partial charge < -0.3 is 19.5 Å². The van der Waals surface area contributed by atoms with Gasteiger partial charge in [-0.2, -0.15) is 0 Å². The Bertz CT molecular complexity index is 1240. The third-order valence-electron chi connectivity index (χ3n) is 7.30. The number of amides is 1. The number of carbonyl (C=O) groups is 2. The molecule has 0 saturated carbocycles. The maximum atomic E-state index is 13.2. The summed E-state index contributed by atoms with van der Waals surface area (Å²) in [5.41, 5.74) is 4.51. The number of nitrogens with zero attached hydrogens (tertiary/aromatic N) is 2. The van der Waals surface area contributed by atoms with Gasteiger partial charge in [-0.25, -0.2) is 9.59 Å². The highest BCUT2D eigenvalue weighted by molar-refractivity contribution is 9.10. The first-order chi connectivity index (χ1) is 18.0. The summed E-state index contributed by atoms with van der Waals surface area (Å²) in [4.78, 5) is 30.8. The van der Waals surface area contributed by atoms with Crippen LogP contribution in [0.15, 0.2) is 71.3 Å². The Kier molecular flexibility index (Phi) is 7.58. The van der Waals surface area contributed by atoms with Crippen LogP contribution in [0.2, 0.25) is 0 Å². The number of carbonyl (C=O) groups excluding carboxylic acids is 1. The Hall–Kier alpha value is -3.23. The predicted molar refractivity (Wildman–Crippen MR) is 142 cm³/mol. The van der Waals surface area contributed by atoms with E-state index in [4.69, 9.17) is 9.47 Å². The van der Waals surface area contributed by atoms with Crippen molar-refractivity contribution >= 4 is 28.0 Å². The minimum atomic E-state index is -1.04. The van der Waals surface area contributed by atoms with E-state index in [9.17, 15) is 14.7 Å². The first kappa shape index (κ1) is 25.4. The molecule has 1 saturated heterocycles. The summed E-state index contributed by atoms with van der Waals surface area (Å²) in [6.45, 7) is 0.800. The number of likely N-dealkylation sites (tertiary alicyclic amines) is 1. The molecule has 0 radical (unpaired) electrons. The Morgan fingerprint density at radius 1 is 0.973 bits per heavy atom. The molecule has 37 heavy (non-hydrogen) atoms. The van der Waals surface area contributed by atoms with Crippen LogP contribution < -0.4 is 0 Å². The number of aliphatic carboxylic acids is 1. The van der Waals surface area contributed by atoms with Crippen molar-refractivity contribution in [1.29, 1.82) is 0 Å². The van der Waals surface area contributed by atoms with Crippen LogP contribution in [-0.4, -0.2) is 53.4 Å². The standard InChI is InChI=1S/C29H29BrN2O5/c30-20-11-12-26(31-17-20)29(37-19-27(33)34)13-5-6-15-32(16-14-29)28(35)36-18-25-23-9-3-1-7-21(23)22-8-2-4-10-24(22)25/h1-4,7-12,17,25H,5-6,13-16,18-19H2,(H,33,34). The second-order valence-corrected chi connectivity index (χ2v) is 10.5. The molecular formula is C29H29BrN2O5. The lowest BCUT2D eigenvalue weighted by Crippen LogP contribution is -2.42. The van der Waals surface area contributed by atoms with Gasteiger partial charge >= 0.3 is 12.1 Å². The fourth-order valence-corrected chi connectivity index (χ4v) is 5.69. The molecular weight excluding hydrogens is 536 g/mol. The number of aromatic nitrogens is 1. The van der Waals surface area contributed by atoms with Crippen molar-refractivity contribution in [1.82, 2.24) is 9.88 Å². The summed E-state index contributed by atoms with van der Waals surface area (Å²) in [5.74, 6) is -1.04. The van der Waals surface area contributed by atoms with E-state index in [0.717, 1.165) is 17.3 Å². The second kappa shape index (κ2) is 11.0. The minimum Gasteiger partial charge on any atom is -0.480 e. The third-order valence-corrected chi connectivity index (χ3v) is 7.77. The summed E-state index contributed by atoms with van der Waals surface area (Å²) in [6, 6.07) is 20.2. The largest absolute Gasteiger partial charge is 0.480 e. The molecule has 5 rings (SSSR count). The molecule has 1 atom stereocenters. The topological polar surface area (TPSA) is 89.0 Å². The number of pyridine rings is 1. The van der Waals surface area contributed by atoms with Crippen LogP contribution in [-0.2, 0) is 19.9 Å². The van der Waals surface area contributed by atoms with Gasteiger partial charge in [0.2, 0.25) is 0 Å². The van der Waals surface area contributed by atoms with Gasteiger partial charge in [-0.1, -0.05) is 48.5 Å². The molecule has 3 aromatic rings. The monoisotopic (exact) mass is 564 g/mol. The van der Waals surface area contributed by atoms with Crippen LogP contribution in [0.1, 0.15) is 48.4 Å². The van der Waals surface area contributed by atoms with Gasteiger partial charge in [0.15, 0.2) is 0 Å². The Labute approximate surface area is 224 Å². The molecule has 1 unspecified atom stereocenters. The number of ether oxygens (including phenoxy) is 2. The van der Waals surface area contributed by atoms with E-state index in [1.165, 1.54) is 22.3 Å². The lowest BCUT2D eigenvalue weighted by Gasteiger charge is -2.37. The number of hydrogen-bond donors (Lipinski definition) is 1. The van der Waals surface area contributed by atoms with Gasteiger partial charge in [0.25, 0.3) is 0 Å². The molecule has 2 aliphatic rings. The molecule has 2 aromatic carbocycles. The summed E-state index contributed by atoms with van der Waals surface area (Å²) >= 11 is 3.40. The molecule has 1 aliphatic heterocycles. The van der Waals surface area contributed by atoms with Gasteiger partial charge in [-0.05, 0) is 76.0 Å². The number of rotatable bonds is 6. The van der Waals surface area contributed by atoms with Crippen molar-refractivity contribution in [3.63, 3.8) is 0 Å². The Morgan fingerprint density at radius 3 is 2.32 bits per heavy atom. The van der Waals surface area contributed by atoms with E-state index >= 15 is 0 Å². The number of benzene rings is 2. The zero-order valence-corrected chi connectivity index (χ0v) is 22.0. The summed E-state index contributed by atoms with van der Waals surface area (Å²) < 4.78 is 12.7. The van der Waals surface area contributed by atoms with Crippen LogP contribution in [0.4, 0.5) is 4.79 Å². The highest BCUT2D eigenvalue weighted by atomic mass is 79.9. The number of hydrogen-bond acceptors (Lipinski definition) is 5. The maximum Gasteiger partial charge on any atom is 0.409 e. The lowest BCUT2D eigenvalue weighted by atomic mass is 9.87. The molecule has 192 valence electrons. The van der Waals surface area contributed by atoms with E-state index in [1.54, 1.807) is 11.1 Å². The molecule has 1 N–H and O–H groups in total. The lowest BCUT2D eigenvalue weighted by molar-refractivity contribution is -0.153. The molecule has 1 fully saturated rings. The molecule has 0 spiro atoms. The summed E-state index contributed by atoms with van der Waals surface area (Å²) in [5, 5.41) is 9.29. The van der Waals surface area contributed by atoms with Crippen molar-refractivity contribution in [2.24, 2.45) is 0 Å². The van der Waals surface area contributed by atoms with Crippen molar-refractivity contribution in [2.75, 3.05) is 26.3 Å². The maximum absolute atomic E-state index is 13.2. The first-order valence-electron chi connectivity index (χ1n) is 12.5. The zero-order chi connectivity index (χ0) is 25.8. The van der Waals surface area contributed by atoms with Gasteiger partial charge in [0.1, 0.15) is 18.8 Å². The van der Waals surface area contributed by atoms with Crippen molar-refractivity contribution < 1.29 is 24.2 Å². The summed E-state index contributed by atoms with van der Waals surface area (Å²) in [6.07, 6.45) is 3.92. The van der Waals surface area contributed by atoms with Gasteiger partial charge in [-0.3, -0.25) is 4.98 Å². The van der Waals surface area contributed by atoms with Crippen LogP contribution in [0.25, 0.3) is 11.1 Å². The molecule has 1 aromatic heterocycles. The minimum absolute atomic E-state index is 0.00365. The number of fused-ring (bicyclic) bond motifs is 3. The van der Waals surface area contributed by atoms with Crippen LogP contribution in [0, 0.1) is 0 Å². The first-order valence-corrected chi connectivity index (χ1v) is 13.3.